The van der Waals surface area contributed by atoms with Crippen molar-refractivity contribution in [2.24, 2.45) is 4.99 Å². The van der Waals surface area contributed by atoms with Gasteiger partial charge in [0.15, 0.2) is 5.96 Å². The summed E-state index contributed by atoms with van der Waals surface area (Å²) in [5.41, 5.74) is -0.934. The van der Waals surface area contributed by atoms with E-state index in [9.17, 15) is 18.0 Å². The number of carbonyl (C=O) groups is 1. The Kier molecular flexibility index (Phi) is 10.7. The van der Waals surface area contributed by atoms with E-state index in [0.29, 0.717) is 31.8 Å². The maximum absolute atomic E-state index is 12.6. The molecule has 0 unspecified atom stereocenters. The van der Waals surface area contributed by atoms with Gasteiger partial charge >= 0.3 is 12.3 Å². The molecule has 0 spiro atoms. The Bertz CT molecular complexity index is 731. The summed E-state index contributed by atoms with van der Waals surface area (Å²) in [6, 6.07) is 0.924. The highest BCUT2D eigenvalue weighted by molar-refractivity contribution is 14.0. The van der Waals surface area contributed by atoms with Gasteiger partial charge < -0.3 is 25.0 Å². The van der Waals surface area contributed by atoms with E-state index in [2.05, 4.69) is 20.6 Å². The van der Waals surface area contributed by atoms with Crippen LogP contribution in [0.5, 0.6) is 5.88 Å². The molecule has 170 valence electrons. The average molecular weight is 566 g/mol. The molecule has 13 heteroatoms. The Morgan fingerprint density at radius 3 is 2.60 bits per heavy atom. The molecule has 0 saturated carbocycles. The highest BCUT2D eigenvalue weighted by Crippen LogP contribution is 2.32. The highest BCUT2D eigenvalue weighted by Gasteiger charge is 2.31. The molecule has 1 aromatic rings. The third-order valence-electron chi connectivity index (χ3n) is 4.26. The van der Waals surface area contributed by atoms with Crippen LogP contribution >= 0.6 is 35.6 Å². The van der Waals surface area contributed by atoms with Gasteiger partial charge in [-0.05, 0) is 18.9 Å². The maximum Gasteiger partial charge on any atom is 0.417 e. The van der Waals surface area contributed by atoms with Gasteiger partial charge in [0, 0.05) is 32.4 Å². The smallest absolute Gasteiger partial charge is 0.417 e. The summed E-state index contributed by atoms with van der Waals surface area (Å²) in [5.74, 6) is 0.483. The van der Waals surface area contributed by atoms with Gasteiger partial charge in [0.25, 0.3) is 0 Å². The van der Waals surface area contributed by atoms with Crippen molar-refractivity contribution < 1.29 is 27.4 Å². The van der Waals surface area contributed by atoms with Crippen molar-refractivity contribution >= 4 is 47.6 Å². The van der Waals surface area contributed by atoms with Crippen LogP contribution in [0.4, 0.5) is 18.0 Å². The second-order valence-electron chi connectivity index (χ2n) is 6.23. The van der Waals surface area contributed by atoms with Crippen molar-refractivity contribution in [1.82, 2.24) is 20.5 Å². The van der Waals surface area contributed by atoms with Crippen LogP contribution in [-0.4, -0.2) is 68.4 Å². The van der Waals surface area contributed by atoms with Gasteiger partial charge in [-0.25, -0.2) is 9.78 Å². The first-order valence-corrected chi connectivity index (χ1v) is 9.28. The normalized spacial score (nSPS) is 15.3. The summed E-state index contributed by atoms with van der Waals surface area (Å²) < 4.78 is 47.9. The van der Waals surface area contributed by atoms with Crippen molar-refractivity contribution in [3.05, 3.63) is 22.8 Å². The van der Waals surface area contributed by atoms with Gasteiger partial charge in [-0.15, -0.1) is 24.0 Å². The van der Waals surface area contributed by atoms with Crippen LogP contribution in [0, 0.1) is 0 Å². The monoisotopic (exact) mass is 565 g/mol. The molecule has 0 aromatic carbocycles. The van der Waals surface area contributed by atoms with Crippen LogP contribution in [0.2, 0.25) is 5.02 Å². The van der Waals surface area contributed by atoms with Crippen LogP contribution in [0.25, 0.3) is 0 Å². The van der Waals surface area contributed by atoms with Crippen LogP contribution in [-0.2, 0) is 10.9 Å². The molecule has 30 heavy (non-hydrogen) atoms. The number of piperidine rings is 1. The number of nitrogens with zero attached hydrogens (tertiary/aromatic N) is 3. The quantitative estimate of drug-likeness (QED) is 0.247. The summed E-state index contributed by atoms with van der Waals surface area (Å²) in [6.07, 6.45) is -2.68. The van der Waals surface area contributed by atoms with Gasteiger partial charge in [-0.2, -0.15) is 13.2 Å². The number of alkyl halides is 3. The molecule has 1 amide bonds. The minimum atomic E-state index is -4.51. The molecule has 0 atom stereocenters. The zero-order valence-electron chi connectivity index (χ0n) is 16.5. The first kappa shape index (κ1) is 26.3. The number of likely N-dealkylation sites (tertiary alicyclic amines) is 1. The number of amides is 1. The van der Waals surface area contributed by atoms with Gasteiger partial charge in [-0.3, -0.25) is 4.99 Å². The Balaban J connectivity index is 0.00000450. The topological polar surface area (TPSA) is 88.1 Å². The van der Waals surface area contributed by atoms with E-state index in [4.69, 9.17) is 21.1 Å². The molecule has 2 N–H and O–H groups in total. The molecule has 0 radical (unpaired) electrons. The standard InChI is InChI=1S/C17H23ClF3N5O3.HI/c1-22-15(25-12-3-6-26(7-4-12)16(27)28-2)23-5-8-29-14-13(18)9-11(10-24-14)17(19,20)21;/h9-10,12H,3-8H2,1-2H3,(H2,22,23,25);1H. The fourth-order valence-electron chi connectivity index (χ4n) is 2.73. The Morgan fingerprint density at radius 1 is 1.40 bits per heavy atom. The lowest BCUT2D eigenvalue weighted by molar-refractivity contribution is -0.137. The molecular weight excluding hydrogens is 542 g/mol. The number of aromatic nitrogens is 1. The SMILES string of the molecule is CN=C(NCCOc1ncc(C(F)(F)F)cc1Cl)NC1CCN(C(=O)OC)CC1.I. The summed E-state index contributed by atoms with van der Waals surface area (Å²) in [4.78, 5) is 20.9. The Hall–Kier alpha value is -1.70. The highest BCUT2D eigenvalue weighted by atomic mass is 127. The molecule has 8 nitrogen and oxygen atoms in total. The number of aliphatic imine (C=N–C) groups is 1. The second kappa shape index (κ2) is 12.2. The minimum absolute atomic E-state index is 0. The molecular formula is C17H24ClF3IN5O3. The van der Waals surface area contributed by atoms with Crippen LogP contribution in [0.3, 0.4) is 0 Å². The molecule has 1 aliphatic heterocycles. The average Bonchev–Trinajstić information content (AvgIpc) is 2.70. The predicted molar refractivity (Wildman–Crippen MR) is 117 cm³/mol. The fourth-order valence-corrected chi connectivity index (χ4v) is 2.95. The van der Waals surface area contributed by atoms with Gasteiger partial charge in [0.05, 0.1) is 19.2 Å². The van der Waals surface area contributed by atoms with E-state index >= 15 is 0 Å². The third-order valence-corrected chi connectivity index (χ3v) is 4.53. The lowest BCUT2D eigenvalue weighted by Gasteiger charge is -2.32. The number of hydrogen-bond donors (Lipinski definition) is 2. The van der Waals surface area contributed by atoms with Crippen molar-refractivity contribution in [2.75, 3.05) is 40.4 Å². The van der Waals surface area contributed by atoms with Crippen LogP contribution in [0.1, 0.15) is 18.4 Å². The number of carbonyl (C=O) groups excluding carboxylic acids is 1. The number of nitrogens with one attached hydrogen (secondary N) is 2. The molecule has 0 aliphatic carbocycles. The molecule has 0 bridgehead atoms. The first-order chi connectivity index (χ1) is 13.7. The number of pyridine rings is 1. The molecule has 1 saturated heterocycles. The molecule has 1 fully saturated rings. The number of rotatable bonds is 5. The second-order valence-corrected chi connectivity index (χ2v) is 6.64. The zero-order valence-corrected chi connectivity index (χ0v) is 19.5. The van der Waals surface area contributed by atoms with Crippen LogP contribution < -0.4 is 15.4 Å². The summed E-state index contributed by atoms with van der Waals surface area (Å²) in [5, 5.41) is 6.09. The summed E-state index contributed by atoms with van der Waals surface area (Å²) in [6.45, 7) is 1.63. The van der Waals surface area contributed by atoms with Gasteiger partial charge in [-0.1, -0.05) is 11.6 Å². The molecule has 1 aliphatic rings. The molecule has 1 aromatic heterocycles. The maximum atomic E-state index is 12.6. The van der Waals surface area contributed by atoms with Crippen LogP contribution in [0.15, 0.2) is 17.3 Å². The van der Waals surface area contributed by atoms with Crippen molar-refractivity contribution in [3.63, 3.8) is 0 Å². The predicted octanol–water partition coefficient (Wildman–Crippen LogP) is 3.15. The largest absolute Gasteiger partial charge is 0.475 e. The fraction of sp³-hybridized carbons (Fsp3) is 0.588. The first-order valence-electron chi connectivity index (χ1n) is 8.90. The minimum Gasteiger partial charge on any atom is -0.475 e. The van der Waals surface area contributed by atoms with E-state index in [1.807, 2.05) is 0 Å². The Labute approximate surface area is 194 Å². The number of methoxy groups -OCH3 is 1. The molecule has 2 rings (SSSR count). The van der Waals surface area contributed by atoms with Crippen molar-refractivity contribution in [1.29, 1.82) is 0 Å². The van der Waals surface area contributed by atoms with E-state index < -0.39 is 11.7 Å². The number of guanidine groups is 1. The van der Waals surface area contributed by atoms with E-state index in [-0.39, 0.29) is 53.6 Å². The van der Waals surface area contributed by atoms with Crippen molar-refractivity contribution in [3.8, 4) is 5.88 Å². The number of ether oxygens (including phenoxy) is 2. The summed E-state index contributed by atoms with van der Waals surface area (Å²) >= 11 is 5.80. The molecule has 2 heterocycles. The van der Waals surface area contributed by atoms with Gasteiger partial charge in [0.1, 0.15) is 11.6 Å². The lowest BCUT2D eigenvalue weighted by atomic mass is 10.1. The number of hydrogen-bond acceptors (Lipinski definition) is 5. The van der Waals surface area contributed by atoms with E-state index in [1.54, 1.807) is 11.9 Å². The van der Waals surface area contributed by atoms with Crippen molar-refractivity contribution in [2.45, 2.75) is 25.1 Å². The Morgan fingerprint density at radius 2 is 2.07 bits per heavy atom. The summed E-state index contributed by atoms with van der Waals surface area (Å²) in [7, 11) is 2.97. The number of halogens is 5. The lowest BCUT2D eigenvalue weighted by Crippen LogP contribution is -2.50. The van der Waals surface area contributed by atoms with E-state index in [0.717, 1.165) is 18.9 Å². The third kappa shape index (κ3) is 7.85. The van der Waals surface area contributed by atoms with E-state index in [1.165, 1.54) is 7.11 Å². The van der Waals surface area contributed by atoms with Gasteiger partial charge in [0.2, 0.25) is 5.88 Å². The zero-order chi connectivity index (χ0) is 21.4.